The first kappa shape index (κ1) is 15.1. The number of benzene rings is 1. The van der Waals surface area contributed by atoms with Gasteiger partial charge in [0.15, 0.2) is 0 Å². The molecule has 0 aliphatic rings. The van der Waals surface area contributed by atoms with E-state index in [2.05, 4.69) is 24.1 Å². The molecule has 2 rings (SSSR count). The minimum Gasteiger partial charge on any atom is -0.439 e. The Balaban J connectivity index is 2.13. The molecule has 3 nitrogen and oxygen atoms in total. The first-order valence-electron chi connectivity index (χ1n) is 6.64. The number of nitrogens with one attached hydrogen (secondary N) is 1. The zero-order chi connectivity index (χ0) is 14.5. The zero-order valence-electron chi connectivity index (χ0n) is 11.9. The van der Waals surface area contributed by atoms with Crippen LogP contribution in [0.4, 0.5) is 4.39 Å². The third-order valence-electron chi connectivity index (χ3n) is 2.73. The van der Waals surface area contributed by atoms with Crippen molar-refractivity contribution in [3.8, 4) is 0 Å². The van der Waals surface area contributed by atoms with E-state index in [9.17, 15) is 4.39 Å². The van der Waals surface area contributed by atoms with Gasteiger partial charge in [-0.1, -0.05) is 19.9 Å². The van der Waals surface area contributed by atoms with Gasteiger partial charge >= 0.3 is 0 Å². The lowest BCUT2D eigenvalue weighted by Crippen LogP contribution is -2.20. The van der Waals surface area contributed by atoms with Crippen LogP contribution < -0.4 is 5.32 Å². The molecule has 1 aromatic carbocycles. The van der Waals surface area contributed by atoms with Crippen molar-refractivity contribution in [1.29, 1.82) is 0 Å². The molecule has 0 radical (unpaired) electrons. The van der Waals surface area contributed by atoms with Crippen molar-refractivity contribution in [2.45, 2.75) is 37.4 Å². The summed E-state index contributed by atoms with van der Waals surface area (Å²) in [6, 6.07) is 5.08. The standard InChI is InChI=1S/C15H19FN2OS/c1-10(2)7-17-8-12-13(16)5-4-6-14(12)20-15-18-11(3)9-19-15/h4-6,9-10,17H,7-8H2,1-3H3. The second-order valence-corrected chi connectivity index (χ2v) is 6.09. The molecular formula is C15H19FN2OS. The van der Waals surface area contributed by atoms with Gasteiger partial charge in [0.05, 0.1) is 5.69 Å². The first-order chi connectivity index (χ1) is 9.56. The van der Waals surface area contributed by atoms with Gasteiger partial charge in [0.25, 0.3) is 5.22 Å². The molecule has 0 saturated carbocycles. The predicted octanol–water partition coefficient (Wildman–Crippen LogP) is 4.02. The maximum absolute atomic E-state index is 14.0. The number of rotatable bonds is 6. The topological polar surface area (TPSA) is 38.1 Å². The summed E-state index contributed by atoms with van der Waals surface area (Å²) >= 11 is 1.35. The normalized spacial score (nSPS) is 11.2. The van der Waals surface area contributed by atoms with Crippen LogP contribution in [0.25, 0.3) is 0 Å². The molecule has 20 heavy (non-hydrogen) atoms. The Morgan fingerprint density at radius 1 is 1.40 bits per heavy atom. The van der Waals surface area contributed by atoms with Crippen molar-refractivity contribution in [2.75, 3.05) is 6.54 Å². The van der Waals surface area contributed by atoms with Crippen LogP contribution in [0.5, 0.6) is 0 Å². The minimum atomic E-state index is -0.200. The average molecular weight is 294 g/mol. The SMILES string of the molecule is Cc1coc(Sc2cccc(F)c2CNCC(C)C)n1. The minimum absolute atomic E-state index is 0.200. The summed E-state index contributed by atoms with van der Waals surface area (Å²) in [5.74, 6) is 0.335. The van der Waals surface area contributed by atoms with E-state index in [0.29, 0.717) is 23.2 Å². The molecular weight excluding hydrogens is 275 g/mol. The van der Waals surface area contributed by atoms with E-state index in [4.69, 9.17) is 4.42 Å². The van der Waals surface area contributed by atoms with E-state index in [1.54, 1.807) is 12.3 Å². The number of aryl methyl sites for hydroxylation is 1. The van der Waals surface area contributed by atoms with Crippen LogP contribution in [0.15, 0.2) is 39.0 Å². The van der Waals surface area contributed by atoms with Crippen LogP contribution in [0.3, 0.4) is 0 Å². The first-order valence-corrected chi connectivity index (χ1v) is 7.46. The van der Waals surface area contributed by atoms with Crippen LogP contribution >= 0.6 is 11.8 Å². The van der Waals surface area contributed by atoms with Gasteiger partial charge in [0, 0.05) is 17.0 Å². The Kier molecular flexibility index (Phi) is 5.20. The third-order valence-corrected chi connectivity index (χ3v) is 3.69. The van der Waals surface area contributed by atoms with E-state index in [1.807, 2.05) is 13.0 Å². The van der Waals surface area contributed by atoms with Crippen molar-refractivity contribution in [2.24, 2.45) is 5.92 Å². The summed E-state index contributed by atoms with van der Waals surface area (Å²) in [5.41, 5.74) is 1.48. The maximum atomic E-state index is 14.0. The summed E-state index contributed by atoms with van der Waals surface area (Å²) < 4.78 is 19.3. The van der Waals surface area contributed by atoms with Gasteiger partial charge in [-0.15, -0.1) is 0 Å². The zero-order valence-corrected chi connectivity index (χ0v) is 12.8. The summed E-state index contributed by atoms with van der Waals surface area (Å²) in [6.45, 7) is 7.48. The molecule has 5 heteroatoms. The number of oxazole rings is 1. The molecule has 1 heterocycles. The monoisotopic (exact) mass is 294 g/mol. The molecule has 0 spiro atoms. The number of hydrogen-bond acceptors (Lipinski definition) is 4. The number of nitrogens with zero attached hydrogens (tertiary/aromatic N) is 1. The second kappa shape index (κ2) is 6.90. The molecule has 2 aromatic rings. The van der Waals surface area contributed by atoms with Gasteiger partial charge in [0.2, 0.25) is 0 Å². The van der Waals surface area contributed by atoms with E-state index in [0.717, 1.165) is 17.1 Å². The molecule has 0 aliphatic carbocycles. The van der Waals surface area contributed by atoms with Crippen molar-refractivity contribution in [3.63, 3.8) is 0 Å². The van der Waals surface area contributed by atoms with Crippen LogP contribution in [0.1, 0.15) is 25.1 Å². The summed E-state index contributed by atoms with van der Waals surface area (Å²) in [6.07, 6.45) is 1.60. The molecule has 1 aromatic heterocycles. The lowest BCUT2D eigenvalue weighted by Gasteiger charge is -2.11. The van der Waals surface area contributed by atoms with Gasteiger partial charge in [0.1, 0.15) is 12.1 Å². The van der Waals surface area contributed by atoms with Crippen LogP contribution in [-0.4, -0.2) is 11.5 Å². The highest BCUT2D eigenvalue weighted by atomic mass is 32.2. The number of hydrogen-bond donors (Lipinski definition) is 1. The van der Waals surface area contributed by atoms with Gasteiger partial charge in [-0.2, -0.15) is 0 Å². The lowest BCUT2D eigenvalue weighted by molar-refractivity contribution is 0.453. The molecule has 1 N–H and O–H groups in total. The highest BCUT2D eigenvalue weighted by Crippen LogP contribution is 2.31. The summed E-state index contributed by atoms with van der Waals surface area (Å²) in [4.78, 5) is 5.07. The third kappa shape index (κ3) is 4.08. The highest BCUT2D eigenvalue weighted by Gasteiger charge is 2.12. The van der Waals surface area contributed by atoms with Gasteiger partial charge in [-0.05, 0) is 43.3 Å². The Morgan fingerprint density at radius 2 is 2.20 bits per heavy atom. The fraction of sp³-hybridized carbons (Fsp3) is 0.400. The maximum Gasteiger partial charge on any atom is 0.260 e. The van der Waals surface area contributed by atoms with Crippen molar-refractivity contribution >= 4 is 11.8 Å². The molecule has 0 atom stereocenters. The second-order valence-electron chi connectivity index (χ2n) is 5.10. The smallest absolute Gasteiger partial charge is 0.260 e. The molecule has 108 valence electrons. The lowest BCUT2D eigenvalue weighted by atomic mass is 10.2. The van der Waals surface area contributed by atoms with Gasteiger partial charge in [-0.3, -0.25) is 0 Å². The molecule has 0 unspecified atom stereocenters. The van der Waals surface area contributed by atoms with E-state index >= 15 is 0 Å². The van der Waals surface area contributed by atoms with Crippen LogP contribution in [0.2, 0.25) is 0 Å². The molecule has 0 fully saturated rings. The summed E-state index contributed by atoms with van der Waals surface area (Å²) in [5, 5.41) is 3.81. The number of aromatic nitrogens is 1. The fourth-order valence-electron chi connectivity index (χ4n) is 1.77. The molecule has 0 bridgehead atoms. The highest BCUT2D eigenvalue weighted by molar-refractivity contribution is 7.99. The summed E-state index contributed by atoms with van der Waals surface area (Å²) in [7, 11) is 0. The molecule has 0 amide bonds. The van der Waals surface area contributed by atoms with Crippen LogP contribution in [0, 0.1) is 18.7 Å². The van der Waals surface area contributed by atoms with Gasteiger partial charge in [-0.25, -0.2) is 9.37 Å². The predicted molar refractivity (Wildman–Crippen MR) is 78.3 cm³/mol. The quantitative estimate of drug-likeness (QED) is 0.873. The van der Waals surface area contributed by atoms with E-state index in [-0.39, 0.29) is 5.82 Å². The van der Waals surface area contributed by atoms with Gasteiger partial charge < -0.3 is 9.73 Å². The Morgan fingerprint density at radius 3 is 2.85 bits per heavy atom. The fourth-order valence-corrected chi connectivity index (χ4v) is 2.68. The van der Waals surface area contributed by atoms with Crippen molar-refractivity contribution in [3.05, 3.63) is 41.5 Å². The van der Waals surface area contributed by atoms with Crippen molar-refractivity contribution < 1.29 is 8.81 Å². The Labute approximate surface area is 123 Å². The Hall–Kier alpha value is -1.33. The molecule has 0 aliphatic heterocycles. The van der Waals surface area contributed by atoms with Crippen molar-refractivity contribution in [1.82, 2.24) is 10.3 Å². The average Bonchev–Trinajstić information content (AvgIpc) is 2.78. The van der Waals surface area contributed by atoms with E-state index < -0.39 is 0 Å². The Bertz CT molecular complexity index is 569. The van der Waals surface area contributed by atoms with Crippen LogP contribution in [-0.2, 0) is 6.54 Å². The largest absolute Gasteiger partial charge is 0.439 e. The molecule has 0 saturated heterocycles. The van der Waals surface area contributed by atoms with E-state index in [1.165, 1.54) is 17.8 Å². The number of halogens is 1.